The van der Waals surface area contributed by atoms with E-state index in [9.17, 15) is 0 Å². The zero-order chi connectivity index (χ0) is 8.10. The molecule has 0 radical (unpaired) electrons. The third kappa shape index (κ3) is 3.23. The van der Waals surface area contributed by atoms with Gasteiger partial charge in [0.05, 0.1) is 0 Å². The van der Waals surface area contributed by atoms with Gasteiger partial charge >= 0.3 is 0 Å². The van der Waals surface area contributed by atoms with E-state index in [-0.39, 0.29) is 0 Å². The van der Waals surface area contributed by atoms with E-state index in [4.69, 9.17) is 11.6 Å². The highest BCUT2D eigenvalue weighted by atomic mass is 35.5. The van der Waals surface area contributed by atoms with Crippen LogP contribution in [0.4, 0.5) is 0 Å². The zero-order valence-electron chi connectivity index (χ0n) is 5.79. The first kappa shape index (κ1) is 9.04. The maximum absolute atomic E-state index is 5.71. The first-order valence-corrected chi connectivity index (χ1v) is 5.02. The summed E-state index contributed by atoms with van der Waals surface area (Å²) < 4.78 is 1.68. The van der Waals surface area contributed by atoms with Crippen molar-refractivity contribution in [3.8, 4) is 0 Å². The van der Waals surface area contributed by atoms with Gasteiger partial charge in [-0.05, 0) is 17.7 Å². The van der Waals surface area contributed by atoms with E-state index >= 15 is 0 Å². The zero-order valence-corrected chi connectivity index (χ0v) is 8.18. The molecule has 0 amide bonds. The van der Waals surface area contributed by atoms with Crippen molar-refractivity contribution in [1.29, 1.82) is 0 Å². The molecule has 0 saturated carbocycles. The maximum atomic E-state index is 5.71. The van der Waals surface area contributed by atoms with E-state index in [1.54, 1.807) is 16.5 Å². The van der Waals surface area contributed by atoms with Crippen molar-refractivity contribution >= 4 is 40.3 Å². The maximum Gasteiger partial charge on any atom is 0.0406 e. The molecule has 0 aliphatic rings. The second-order valence-corrected chi connectivity index (χ2v) is 3.86. The van der Waals surface area contributed by atoms with Crippen molar-refractivity contribution < 1.29 is 0 Å². The molecule has 0 aliphatic heterocycles. The number of thiocarbonyl (C=S) groups is 1. The largest absolute Gasteiger partial charge is 0.118 e. The number of halogens is 1. The third-order valence-corrected chi connectivity index (χ3v) is 2.53. The molecule has 0 N–H and O–H groups in total. The number of hydrogen-bond acceptors (Lipinski definition) is 2. The Labute approximate surface area is 80.9 Å². The molecule has 0 bridgehead atoms. The van der Waals surface area contributed by atoms with Gasteiger partial charge in [0, 0.05) is 15.5 Å². The standard InChI is InChI=1S/C8H7ClS2/c9-8-3-1-7(2-4-8)5-11-6-10/h1-4,6H,5H2. The smallest absolute Gasteiger partial charge is 0.0406 e. The van der Waals surface area contributed by atoms with Crippen LogP contribution in [0.2, 0.25) is 5.02 Å². The van der Waals surface area contributed by atoms with Gasteiger partial charge in [0.1, 0.15) is 0 Å². The minimum absolute atomic E-state index is 0.779. The van der Waals surface area contributed by atoms with Crippen molar-refractivity contribution in [2.75, 3.05) is 0 Å². The number of thioether (sulfide) groups is 1. The molecule has 0 heterocycles. The van der Waals surface area contributed by atoms with E-state index in [1.807, 2.05) is 24.3 Å². The van der Waals surface area contributed by atoms with Crippen molar-refractivity contribution in [2.24, 2.45) is 0 Å². The van der Waals surface area contributed by atoms with Crippen LogP contribution in [-0.2, 0) is 5.75 Å². The second kappa shape index (κ2) is 4.75. The molecular weight excluding hydrogens is 196 g/mol. The van der Waals surface area contributed by atoms with Crippen LogP contribution in [0, 0.1) is 0 Å². The van der Waals surface area contributed by atoms with Crippen LogP contribution in [-0.4, -0.2) is 4.70 Å². The van der Waals surface area contributed by atoms with E-state index in [1.165, 1.54) is 5.56 Å². The average molecular weight is 203 g/mol. The summed E-state index contributed by atoms with van der Waals surface area (Å²) in [6.45, 7) is 0. The monoisotopic (exact) mass is 202 g/mol. The molecule has 0 atom stereocenters. The summed E-state index contributed by atoms with van der Waals surface area (Å²) in [5, 5.41) is 0.779. The Balaban J connectivity index is 2.58. The number of hydrogen-bond donors (Lipinski definition) is 0. The van der Waals surface area contributed by atoms with E-state index in [0.29, 0.717) is 0 Å². The molecule has 58 valence electrons. The van der Waals surface area contributed by atoms with Gasteiger partial charge in [-0.1, -0.05) is 36.0 Å². The first-order chi connectivity index (χ1) is 5.33. The van der Waals surface area contributed by atoms with Crippen LogP contribution < -0.4 is 0 Å². The molecule has 0 nitrogen and oxygen atoms in total. The van der Waals surface area contributed by atoms with E-state index < -0.39 is 0 Å². The third-order valence-electron chi connectivity index (χ3n) is 1.23. The Hall–Kier alpha value is -0.0500. The summed E-state index contributed by atoms with van der Waals surface area (Å²) in [5.74, 6) is 0.931. The van der Waals surface area contributed by atoms with Gasteiger partial charge in [-0.15, -0.1) is 11.8 Å². The van der Waals surface area contributed by atoms with Crippen LogP contribution in [0.25, 0.3) is 0 Å². The second-order valence-electron chi connectivity index (χ2n) is 2.03. The van der Waals surface area contributed by atoms with Crippen molar-refractivity contribution in [2.45, 2.75) is 5.75 Å². The predicted molar refractivity (Wildman–Crippen MR) is 56.4 cm³/mol. The quantitative estimate of drug-likeness (QED) is 0.688. The van der Waals surface area contributed by atoms with E-state index in [0.717, 1.165) is 10.8 Å². The normalized spacial score (nSPS) is 9.55. The van der Waals surface area contributed by atoms with Crippen molar-refractivity contribution in [3.05, 3.63) is 34.9 Å². The molecule has 0 aromatic heterocycles. The van der Waals surface area contributed by atoms with Crippen LogP contribution in [0.3, 0.4) is 0 Å². The molecule has 1 rings (SSSR count). The lowest BCUT2D eigenvalue weighted by atomic mass is 10.2. The van der Waals surface area contributed by atoms with Crippen molar-refractivity contribution in [3.63, 3.8) is 0 Å². The van der Waals surface area contributed by atoms with Crippen LogP contribution in [0.1, 0.15) is 5.56 Å². The van der Waals surface area contributed by atoms with Gasteiger partial charge in [0.2, 0.25) is 0 Å². The first-order valence-electron chi connectivity index (χ1n) is 3.12. The van der Waals surface area contributed by atoms with Gasteiger partial charge < -0.3 is 0 Å². The van der Waals surface area contributed by atoms with Crippen LogP contribution in [0.15, 0.2) is 24.3 Å². The fraction of sp³-hybridized carbons (Fsp3) is 0.125. The lowest BCUT2D eigenvalue weighted by molar-refractivity contribution is 1.43. The minimum atomic E-state index is 0.779. The van der Waals surface area contributed by atoms with Crippen molar-refractivity contribution in [1.82, 2.24) is 0 Å². The molecule has 0 fully saturated rings. The SMILES string of the molecule is S=CSCc1ccc(Cl)cc1. The Kier molecular flexibility index (Phi) is 3.91. The molecule has 0 saturated heterocycles. The Bertz CT molecular complexity index is 230. The van der Waals surface area contributed by atoms with Gasteiger partial charge in [-0.3, -0.25) is 0 Å². The highest BCUT2D eigenvalue weighted by molar-refractivity contribution is 8.20. The summed E-state index contributed by atoms with van der Waals surface area (Å²) in [6, 6.07) is 7.80. The number of rotatable bonds is 3. The molecule has 1 aromatic rings. The van der Waals surface area contributed by atoms with Gasteiger partial charge in [0.15, 0.2) is 0 Å². The summed E-state index contributed by atoms with van der Waals surface area (Å²) in [6.07, 6.45) is 0. The molecule has 1 aromatic carbocycles. The highest BCUT2D eigenvalue weighted by Crippen LogP contribution is 2.13. The van der Waals surface area contributed by atoms with Gasteiger partial charge in [0.25, 0.3) is 0 Å². The Morgan fingerprint density at radius 2 is 2.00 bits per heavy atom. The summed E-state index contributed by atoms with van der Waals surface area (Å²) >= 11 is 12.0. The summed E-state index contributed by atoms with van der Waals surface area (Å²) in [4.78, 5) is 0. The van der Waals surface area contributed by atoms with Gasteiger partial charge in [-0.25, -0.2) is 0 Å². The molecule has 0 aliphatic carbocycles. The Morgan fingerprint density at radius 3 is 2.55 bits per heavy atom. The fourth-order valence-corrected chi connectivity index (χ4v) is 1.49. The molecule has 3 heteroatoms. The molecule has 0 spiro atoms. The van der Waals surface area contributed by atoms with E-state index in [2.05, 4.69) is 12.2 Å². The molecule has 0 unspecified atom stereocenters. The van der Waals surface area contributed by atoms with Gasteiger partial charge in [-0.2, -0.15) is 0 Å². The lowest BCUT2D eigenvalue weighted by Gasteiger charge is -1.96. The molecule has 11 heavy (non-hydrogen) atoms. The predicted octanol–water partition coefficient (Wildman–Crippen LogP) is 3.53. The van der Waals surface area contributed by atoms with Crippen LogP contribution >= 0.6 is 35.6 Å². The lowest BCUT2D eigenvalue weighted by Crippen LogP contribution is -1.77. The Morgan fingerprint density at radius 1 is 1.36 bits per heavy atom. The minimum Gasteiger partial charge on any atom is -0.118 e. The highest BCUT2D eigenvalue weighted by Gasteiger charge is 1.90. The van der Waals surface area contributed by atoms with Crippen LogP contribution in [0.5, 0.6) is 0 Å². The fourth-order valence-electron chi connectivity index (χ4n) is 0.711. The summed E-state index contributed by atoms with van der Waals surface area (Å²) in [5.41, 5.74) is 1.25. The molecular formula is C8H7ClS2. The number of benzene rings is 1. The average Bonchev–Trinajstić information content (AvgIpc) is 2.04. The summed E-state index contributed by atoms with van der Waals surface area (Å²) in [7, 11) is 0. The topological polar surface area (TPSA) is 0 Å².